The standard InChI is InChI=1S/C18H13BrFNO4S/c19-12-1-6-15(22)11(9-12)10-16-17(23)21(18(24)26-16)7-8-25-14-4-2-13(20)3-5-14/h1-6,9-10,22H,7-8H2. The van der Waals surface area contributed by atoms with Crippen LogP contribution in [0.3, 0.4) is 0 Å². The molecular weight excluding hydrogens is 425 g/mol. The summed E-state index contributed by atoms with van der Waals surface area (Å²) >= 11 is 4.10. The molecule has 3 rings (SSSR count). The highest BCUT2D eigenvalue weighted by Crippen LogP contribution is 2.34. The van der Waals surface area contributed by atoms with Gasteiger partial charge in [0.1, 0.15) is 23.9 Å². The molecule has 0 saturated carbocycles. The normalized spacial score (nSPS) is 15.8. The van der Waals surface area contributed by atoms with Crippen molar-refractivity contribution in [2.45, 2.75) is 0 Å². The number of amides is 2. The highest BCUT2D eigenvalue weighted by Gasteiger charge is 2.34. The van der Waals surface area contributed by atoms with E-state index in [2.05, 4.69) is 15.9 Å². The van der Waals surface area contributed by atoms with Crippen LogP contribution in [0.5, 0.6) is 11.5 Å². The Labute approximate surface area is 161 Å². The SMILES string of the molecule is O=C1SC(=Cc2cc(Br)ccc2O)C(=O)N1CCOc1ccc(F)cc1. The Morgan fingerprint density at radius 2 is 1.92 bits per heavy atom. The number of aromatic hydroxyl groups is 1. The zero-order valence-electron chi connectivity index (χ0n) is 13.3. The first-order valence-electron chi connectivity index (χ1n) is 7.56. The second-order valence-electron chi connectivity index (χ2n) is 5.34. The zero-order chi connectivity index (χ0) is 18.7. The molecule has 0 bridgehead atoms. The molecule has 2 aromatic carbocycles. The fourth-order valence-corrected chi connectivity index (χ4v) is 3.50. The van der Waals surface area contributed by atoms with Crippen molar-refractivity contribution in [3.8, 4) is 11.5 Å². The lowest BCUT2D eigenvalue weighted by Crippen LogP contribution is -2.32. The van der Waals surface area contributed by atoms with Crippen LogP contribution < -0.4 is 4.74 Å². The second-order valence-corrected chi connectivity index (χ2v) is 7.25. The van der Waals surface area contributed by atoms with E-state index in [-0.39, 0.29) is 29.6 Å². The van der Waals surface area contributed by atoms with Crippen molar-refractivity contribution in [2.24, 2.45) is 0 Å². The van der Waals surface area contributed by atoms with E-state index in [1.807, 2.05) is 0 Å². The maximum Gasteiger partial charge on any atom is 0.293 e. The molecule has 8 heteroatoms. The van der Waals surface area contributed by atoms with Gasteiger partial charge in [0.25, 0.3) is 11.1 Å². The maximum atomic E-state index is 12.8. The van der Waals surface area contributed by atoms with Gasteiger partial charge >= 0.3 is 0 Å². The summed E-state index contributed by atoms with van der Waals surface area (Å²) in [5.74, 6) is -0.348. The number of phenolic OH excluding ortho intramolecular Hbond substituents is 1. The average Bonchev–Trinajstić information content (AvgIpc) is 2.87. The molecule has 2 aromatic rings. The second kappa shape index (κ2) is 7.92. The molecule has 1 fully saturated rings. The topological polar surface area (TPSA) is 66.8 Å². The van der Waals surface area contributed by atoms with Crippen LogP contribution in [-0.4, -0.2) is 34.3 Å². The predicted octanol–water partition coefficient (Wildman–Crippen LogP) is 4.41. The molecule has 0 aliphatic carbocycles. The molecule has 1 saturated heterocycles. The number of imide groups is 1. The molecule has 26 heavy (non-hydrogen) atoms. The first-order valence-corrected chi connectivity index (χ1v) is 9.17. The van der Waals surface area contributed by atoms with Crippen LogP contribution in [0.2, 0.25) is 0 Å². The van der Waals surface area contributed by atoms with Gasteiger partial charge in [0.05, 0.1) is 11.4 Å². The molecule has 1 aliphatic heterocycles. The quantitative estimate of drug-likeness (QED) is 0.701. The number of carbonyl (C=O) groups is 2. The Balaban J connectivity index is 1.66. The molecule has 0 aromatic heterocycles. The summed E-state index contributed by atoms with van der Waals surface area (Å²) in [6.45, 7) is 0.170. The van der Waals surface area contributed by atoms with Crippen molar-refractivity contribution in [3.63, 3.8) is 0 Å². The van der Waals surface area contributed by atoms with Gasteiger partial charge in [-0.15, -0.1) is 0 Å². The van der Waals surface area contributed by atoms with E-state index in [1.54, 1.807) is 12.1 Å². The highest BCUT2D eigenvalue weighted by atomic mass is 79.9. The minimum Gasteiger partial charge on any atom is -0.507 e. The van der Waals surface area contributed by atoms with Crippen molar-refractivity contribution in [1.82, 2.24) is 4.90 Å². The fraction of sp³-hybridized carbons (Fsp3) is 0.111. The molecule has 0 atom stereocenters. The van der Waals surface area contributed by atoms with Crippen LogP contribution >= 0.6 is 27.7 Å². The fourth-order valence-electron chi connectivity index (χ4n) is 2.26. The number of carbonyl (C=O) groups excluding carboxylic acids is 2. The number of ether oxygens (including phenoxy) is 1. The summed E-state index contributed by atoms with van der Waals surface area (Å²) in [4.78, 5) is 25.8. The summed E-state index contributed by atoms with van der Waals surface area (Å²) in [6, 6.07) is 10.3. The van der Waals surface area contributed by atoms with Gasteiger partial charge < -0.3 is 9.84 Å². The molecule has 1 heterocycles. The van der Waals surface area contributed by atoms with Crippen molar-refractivity contribution in [1.29, 1.82) is 0 Å². The highest BCUT2D eigenvalue weighted by molar-refractivity contribution is 9.10. The van der Waals surface area contributed by atoms with Gasteiger partial charge in [-0.3, -0.25) is 14.5 Å². The van der Waals surface area contributed by atoms with Gasteiger partial charge in [0, 0.05) is 10.0 Å². The van der Waals surface area contributed by atoms with Crippen LogP contribution in [0, 0.1) is 5.82 Å². The van der Waals surface area contributed by atoms with Crippen LogP contribution in [0.15, 0.2) is 51.8 Å². The molecule has 1 N–H and O–H groups in total. The smallest absolute Gasteiger partial charge is 0.293 e. The third kappa shape index (κ3) is 4.25. The summed E-state index contributed by atoms with van der Waals surface area (Å²) < 4.78 is 19.0. The summed E-state index contributed by atoms with van der Waals surface area (Å²) in [5.41, 5.74) is 0.437. The summed E-state index contributed by atoms with van der Waals surface area (Å²) in [5, 5.41) is 9.46. The molecule has 2 amide bonds. The van der Waals surface area contributed by atoms with E-state index >= 15 is 0 Å². The first kappa shape index (κ1) is 18.5. The van der Waals surface area contributed by atoms with Crippen molar-refractivity contribution >= 4 is 44.9 Å². The Morgan fingerprint density at radius 1 is 1.19 bits per heavy atom. The molecule has 0 unspecified atom stereocenters. The minimum absolute atomic E-state index is 0.0136. The van der Waals surface area contributed by atoms with Crippen LogP contribution in [0.1, 0.15) is 5.56 Å². The lowest BCUT2D eigenvalue weighted by atomic mass is 10.2. The average molecular weight is 438 g/mol. The molecule has 134 valence electrons. The van der Waals surface area contributed by atoms with E-state index in [4.69, 9.17) is 4.74 Å². The summed E-state index contributed by atoms with van der Waals surface area (Å²) in [7, 11) is 0. The number of benzene rings is 2. The lowest BCUT2D eigenvalue weighted by Gasteiger charge is -2.13. The largest absolute Gasteiger partial charge is 0.507 e. The van der Waals surface area contributed by atoms with Crippen molar-refractivity contribution in [3.05, 3.63) is 63.2 Å². The van der Waals surface area contributed by atoms with Crippen molar-refractivity contribution < 1.29 is 23.8 Å². The van der Waals surface area contributed by atoms with Gasteiger partial charge in [0.2, 0.25) is 0 Å². The number of hydrogen-bond acceptors (Lipinski definition) is 5. The van der Waals surface area contributed by atoms with Crippen molar-refractivity contribution in [2.75, 3.05) is 13.2 Å². The molecule has 0 spiro atoms. The van der Waals surface area contributed by atoms with Crippen LogP contribution in [-0.2, 0) is 4.79 Å². The van der Waals surface area contributed by atoms with E-state index in [1.165, 1.54) is 36.4 Å². The number of hydrogen-bond donors (Lipinski definition) is 1. The third-order valence-corrected chi connectivity index (χ3v) is 4.95. The van der Waals surface area contributed by atoms with Gasteiger partial charge in [-0.25, -0.2) is 4.39 Å². The summed E-state index contributed by atoms with van der Waals surface area (Å²) in [6.07, 6.45) is 1.48. The molecule has 0 radical (unpaired) electrons. The van der Waals surface area contributed by atoms with E-state index < -0.39 is 11.1 Å². The van der Waals surface area contributed by atoms with Crippen LogP contribution in [0.4, 0.5) is 9.18 Å². The Kier molecular flexibility index (Phi) is 5.63. The van der Waals surface area contributed by atoms with E-state index in [0.717, 1.165) is 21.1 Å². The first-order chi connectivity index (χ1) is 12.4. The molecular formula is C18H13BrFNO4S. The zero-order valence-corrected chi connectivity index (χ0v) is 15.7. The van der Waals surface area contributed by atoms with Gasteiger partial charge in [-0.2, -0.15) is 0 Å². The van der Waals surface area contributed by atoms with E-state index in [0.29, 0.717) is 11.3 Å². The number of phenols is 1. The number of nitrogens with zero attached hydrogens (tertiary/aromatic N) is 1. The predicted molar refractivity (Wildman–Crippen MR) is 100 cm³/mol. The number of rotatable bonds is 5. The minimum atomic E-state index is -0.443. The monoisotopic (exact) mass is 437 g/mol. The third-order valence-electron chi connectivity index (χ3n) is 3.55. The maximum absolute atomic E-state index is 12.8. The Hall–Kier alpha value is -2.32. The Bertz CT molecular complexity index is 885. The van der Waals surface area contributed by atoms with Gasteiger partial charge in [0.15, 0.2) is 0 Å². The molecule has 5 nitrogen and oxygen atoms in total. The molecule has 1 aliphatic rings. The lowest BCUT2D eigenvalue weighted by molar-refractivity contribution is -0.123. The number of thioether (sulfide) groups is 1. The van der Waals surface area contributed by atoms with E-state index in [9.17, 15) is 19.1 Å². The van der Waals surface area contributed by atoms with Crippen LogP contribution in [0.25, 0.3) is 6.08 Å². The number of halogens is 2. The Morgan fingerprint density at radius 3 is 2.65 bits per heavy atom. The van der Waals surface area contributed by atoms with Gasteiger partial charge in [-0.05, 0) is 60.3 Å². The van der Waals surface area contributed by atoms with Gasteiger partial charge in [-0.1, -0.05) is 15.9 Å².